The van der Waals surface area contributed by atoms with Crippen LogP contribution in [-0.2, 0) is 32.7 Å². The molecule has 103 valence electrons. The number of aliphatic imine (C=N–C) groups is 1. The Kier molecular flexibility index (Phi) is 13.7. The molecule has 1 aromatic heterocycles. The van der Waals surface area contributed by atoms with Crippen molar-refractivity contribution in [3.05, 3.63) is 36.0 Å². The van der Waals surface area contributed by atoms with E-state index in [-0.39, 0.29) is 32.7 Å². The molecule has 0 saturated carbocycles. The molecule has 0 aliphatic heterocycles. The molecule has 4 heteroatoms. The zero-order valence-electron chi connectivity index (χ0n) is 12.6. The van der Waals surface area contributed by atoms with Crippen molar-refractivity contribution in [2.24, 2.45) is 10.7 Å². The molecule has 19 heavy (non-hydrogen) atoms. The van der Waals surface area contributed by atoms with Gasteiger partial charge in [0, 0.05) is 38.5 Å². The minimum atomic E-state index is 0. The van der Waals surface area contributed by atoms with Gasteiger partial charge in [0.2, 0.25) is 0 Å². The number of nitrogens with two attached hydrogens (primary N) is 1. The molecular formula is C15H24N3Y-. The van der Waals surface area contributed by atoms with Gasteiger partial charge in [-0.15, -0.1) is 11.6 Å². The van der Waals surface area contributed by atoms with Crippen molar-refractivity contribution in [2.75, 3.05) is 0 Å². The van der Waals surface area contributed by atoms with Crippen LogP contribution in [0.15, 0.2) is 29.4 Å². The summed E-state index contributed by atoms with van der Waals surface area (Å²) in [6.45, 7) is 10.3. The van der Waals surface area contributed by atoms with Crippen molar-refractivity contribution in [3.8, 4) is 0 Å². The standard InChI is InChI=1S/C13H18N3.C2H6.Y/c1-4-5-6-12(14)16-13-8-7-11(9-15-13)10(2)3;1-2;/h5-6,8-10H,4H2,1-3H3,(H2,14,15,16);1-2H3;/q-1;;/b6-5-;;. The predicted octanol–water partition coefficient (Wildman–Crippen LogP) is 3.98. The largest absolute Gasteiger partial charge is 0.385 e. The Morgan fingerprint density at radius 2 is 2.11 bits per heavy atom. The molecule has 1 aromatic rings. The molecule has 0 aliphatic rings. The van der Waals surface area contributed by atoms with Gasteiger partial charge in [0.05, 0.1) is 0 Å². The Morgan fingerprint density at radius 3 is 2.53 bits per heavy atom. The van der Waals surface area contributed by atoms with E-state index < -0.39 is 0 Å². The third-order valence-electron chi connectivity index (χ3n) is 2.09. The smallest absolute Gasteiger partial charge is 0.111 e. The first kappa shape index (κ1) is 20.8. The molecule has 0 aromatic carbocycles. The molecule has 3 nitrogen and oxygen atoms in total. The number of hydrogen-bond donors (Lipinski definition) is 1. The fraction of sp³-hybridized carbons (Fsp3) is 0.467. The van der Waals surface area contributed by atoms with E-state index in [1.165, 1.54) is 0 Å². The Morgan fingerprint density at radius 1 is 1.47 bits per heavy atom. The van der Waals surface area contributed by atoms with Gasteiger partial charge in [-0.05, 0) is 18.4 Å². The molecule has 1 radical (unpaired) electrons. The maximum atomic E-state index is 5.70. The molecule has 0 fully saturated rings. The summed E-state index contributed by atoms with van der Waals surface area (Å²) in [5.41, 5.74) is 6.78. The number of aromatic nitrogens is 1. The average molecular weight is 335 g/mol. The molecule has 2 N–H and O–H groups in total. The van der Waals surface area contributed by atoms with E-state index in [9.17, 15) is 0 Å². The van der Waals surface area contributed by atoms with E-state index in [0.29, 0.717) is 17.6 Å². The molecule has 0 saturated heterocycles. The van der Waals surface area contributed by atoms with Crippen molar-refractivity contribution in [1.82, 2.24) is 4.98 Å². The first-order chi connectivity index (χ1) is 8.63. The van der Waals surface area contributed by atoms with Gasteiger partial charge in [-0.1, -0.05) is 46.9 Å². The minimum absolute atomic E-state index is 0. The zero-order chi connectivity index (χ0) is 14.0. The Bertz CT molecular complexity index is 381. The van der Waals surface area contributed by atoms with Crippen molar-refractivity contribution in [1.29, 1.82) is 0 Å². The average Bonchev–Trinajstić information content (AvgIpc) is 2.39. The van der Waals surface area contributed by atoms with E-state index in [4.69, 9.17) is 5.73 Å². The summed E-state index contributed by atoms with van der Waals surface area (Å²) in [5, 5.41) is 0. The SMILES string of the molecule is CC.CC/C=C\C(N)=Nc1c[c-]c(C(C)C)cn1.[Y]. The summed E-state index contributed by atoms with van der Waals surface area (Å²) in [7, 11) is 0. The van der Waals surface area contributed by atoms with Gasteiger partial charge in [-0.2, -0.15) is 6.07 Å². The van der Waals surface area contributed by atoms with Crippen LogP contribution < -0.4 is 5.73 Å². The quantitative estimate of drug-likeness (QED) is 0.514. The molecule has 0 amide bonds. The van der Waals surface area contributed by atoms with Crippen molar-refractivity contribution in [3.63, 3.8) is 0 Å². The van der Waals surface area contributed by atoms with Crippen LogP contribution in [0.1, 0.15) is 52.5 Å². The molecule has 0 spiro atoms. The van der Waals surface area contributed by atoms with Gasteiger partial charge < -0.3 is 10.7 Å². The van der Waals surface area contributed by atoms with Crippen LogP contribution in [0.4, 0.5) is 5.82 Å². The molecular weight excluding hydrogens is 311 g/mol. The number of amidine groups is 1. The maximum Gasteiger partial charge on any atom is 0.111 e. The number of hydrogen-bond acceptors (Lipinski definition) is 2. The van der Waals surface area contributed by atoms with E-state index >= 15 is 0 Å². The molecule has 1 rings (SSSR count). The molecule has 0 aliphatic carbocycles. The summed E-state index contributed by atoms with van der Waals surface area (Å²) >= 11 is 0. The van der Waals surface area contributed by atoms with Crippen LogP contribution >= 0.6 is 0 Å². The molecule has 0 bridgehead atoms. The van der Waals surface area contributed by atoms with Crippen LogP contribution in [0, 0.1) is 6.07 Å². The molecule has 0 atom stereocenters. The third kappa shape index (κ3) is 9.06. The van der Waals surface area contributed by atoms with Gasteiger partial charge >= 0.3 is 0 Å². The topological polar surface area (TPSA) is 51.3 Å². The van der Waals surface area contributed by atoms with Crippen molar-refractivity contribution in [2.45, 2.75) is 47.0 Å². The second kappa shape index (κ2) is 12.5. The maximum absolute atomic E-state index is 5.70. The van der Waals surface area contributed by atoms with Crippen LogP contribution in [-0.4, -0.2) is 10.8 Å². The van der Waals surface area contributed by atoms with Crippen molar-refractivity contribution >= 4 is 11.7 Å². The minimum Gasteiger partial charge on any atom is -0.385 e. The Hall–Kier alpha value is -0.536. The van der Waals surface area contributed by atoms with E-state index in [1.54, 1.807) is 18.3 Å². The second-order valence-corrected chi connectivity index (χ2v) is 3.86. The van der Waals surface area contributed by atoms with Gasteiger partial charge in [-0.3, -0.25) is 4.99 Å². The summed E-state index contributed by atoms with van der Waals surface area (Å²) in [5.74, 6) is 1.51. The fourth-order valence-electron chi connectivity index (χ4n) is 1.14. The Labute approximate surface area is 142 Å². The van der Waals surface area contributed by atoms with E-state index in [0.717, 1.165) is 12.0 Å². The van der Waals surface area contributed by atoms with Crippen molar-refractivity contribution < 1.29 is 32.7 Å². The zero-order valence-corrected chi connectivity index (χ0v) is 15.5. The molecule has 1 heterocycles. The second-order valence-electron chi connectivity index (χ2n) is 3.86. The normalized spacial score (nSPS) is 10.9. The van der Waals surface area contributed by atoms with E-state index in [2.05, 4.69) is 29.9 Å². The summed E-state index contributed by atoms with van der Waals surface area (Å²) < 4.78 is 0. The number of nitrogens with zero attached hydrogens (tertiary/aromatic N) is 2. The molecule has 0 unspecified atom stereocenters. The first-order valence-corrected chi connectivity index (χ1v) is 6.51. The van der Waals surface area contributed by atoms with Gasteiger partial charge in [0.25, 0.3) is 0 Å². The summed E-state index contributed by atoms with van der Waals surface area (Å²) in [6, 6.07) is 4.91. The van der Waals surface area contributed by atoms with Crippen LogP contribution in [0.2, 0.25) is 0 Å². The summed E-state index contributed by atoms with van der Waals surface area (Å²) in [6.07, 6.45) is 6.49. The van der Waals surface area contributed by atoms with E-state index in [1.807, 2.05) is 26.8 Å². The number of allylic oxidation sites excluding steroid dienone is 1. The first-order valence-electron chi connectivity index (χ1n) is 6.51. The van der Waals surface area contributed by atoms with Crippen LogP contribution in [0.25, 0.3) is 0 Å². The number of pyridine rings is 1. The van der Waals surface area contributed by atoms with Gasteiger partial charge in [0.1, 0.15) is 5.84 Å². The number of rotatable bonds is 4. The van der Waals surface area contributed by atoms with Gasteiger partial charge in [-0.25, -0.2) is 0 Å². The third-order valence-corrected chi connectivity index (χ3v) is 2.09. The predicted molar refractivity (Wildman–Crippen MR) is 79.2 cm³/mol. The van der Waals surface area contributed by atoms with Gasteiger partial charge in [0.15, 0.2) is 0 Å². The Balaban J connectivity index is 0. The summed E-state index contributed by atoms with van der Waals surface area (Å²) in [4.78, 5) is 8.38. The van der Waals surface area contributed by atoms with Crippen LogP contribution in [0.3, 0.4) is 0 Å². The fourth-order valence-corrected chi connectivity index (χ4v) is 1.14. The monoisotopic (exact) mass is 335 g/mol. The van der Waals surface area contributed by atoms with Crippen LogP contribution in [0.5, 0.6) is 0 Å².